The molecule has 1 atom stereocenters. The first-order valence-electron chi connectivity index (χ1n) is 10.5. The second-order valence-electron chi connectivity index (χ2n) is 7.95. The quantitative estimate of drug-likeness (QED) is 0.689. The Kier molecular flexibility index (Phi) is 5.01. The summed E-state index contributed by atoms with van der Waals surface area (Å²) in [5, 5.41) is 11.8. The highest BCUT2D eigenvalue weighted by atomic mass is 16.5. The standard InChI is InChI=1S/C21H27N7O/c1-29-18-11-19-24-13-17(28(19)27-20(18)14-5-2-3-6-14)16-8-10-23-21(26-16)25-15-7-4-9-22-12-15/h8,10-11,13-15,22H,2-7,9,12H2,1H3,(H,23,25,26)/t15-/m1/s1. The lowest BCUT2D eigenvalue weighted by atomic mass is 10.0. The fraction of sp³-hybridized carbons (Fsp3) is 0.524. The molecule has 0 bridgehead atoms. The molecule has 4 heterocycles. The molecule has 1 saturated carbocycles. The summed E-state index contributed by atoms with van der Waals surface area (Å²) in [7, 11) is 1.71. The van der Waals surface area contributed by atoms with E-state index in [1.807, 2.05) is 22.8 Å². The van der Waals surface area contributed by atoms with Gasteiger partial charge in [0.05, 0.1) is 19.0 Å². The number of fused-ring (bicyclic) bond motifs is 1. The van der Waals surface area contributed by atoms with Crippen molar-refractivity contribution in [2.24, 2.45) is 0 Å². The highest BCUT2D eigenvalue weighted by Gasteiger charge is 2.24. The summed E-state index contributed by atoms with van der Waals surface area (Å²) >= 11 is 0. The molecule has 5 rings (SSSR count). The Hall–Kier alpha value is -2.74. The smallest absolute Gasteiger partial charge is 0.223 e. The van der Waals surface area contributed by atoms with Gasteiger partial charge in [-0.05, 0) is 38.3 Å². The van der Waals surface area contributed by atoms with E-state index in [2.05, 4.69) is 20.6 Å². The number of nitrogens with zero attached hydrogens (tertiary/aromatic N) is 5. The molecule has 0 amide bonds. The van der Waals surface area contributed by atoms with Crippen LogP contribution >= 0.6 is 0 Å². The Morgan fingerprint density at radius 1 is 1.17 bits per heavy atom. The highest BCUT2D eigenvalue weighted by Crippen LogP contribution is 2.38. The number of ether oxygens (including phenoxy) is 1. The second-order valence-corrected chi connectivity index (χ2v) is 7.95. The van der Waals surface area contributed by atoms with Crippen LogP contribution in [0.25, 0.3) is 17.0 Å². The van der Waals surface area contributed by atoms with Crippen LogP contribution in [0.1, 0.15) is 50.1 Å². The molecule has 8 nitrogen and oxygen atoms in total. The molecular formula is C21H27N7O. The average Bonchev–Trinajstić information content (AvgIpc) is 3.43. The zero-order chi connectivity index (χ0) is 19.6. The first-order chi connectivity index (χ1) is 14.3. The summed E-state index contributed by atoms with van der Waals surface area (Å²) in [5.74, 6) is 1.93. The molecule has 1 aliphatic heterocycles. The predicted octanol–water partition coefficient (Wildman–Crippen LogP) is 3.02. The molecule has 1 aliphatic carbocycles. The van der Waals surface area contributed by atoms with Gasteiger partial charge in [0.25, 0.3) is 0 Å². The monoisotopic (exact) mass is 393 g/mol. The lowest BCUT2D eigenvalue weighted by Gasteiger charge is -2.23. The van der Waals surface area contributed by atoms with Crippen molar-refractivity contribution in [3.63, 3.8) is 0 Å². The molecule has 0 unspecified atom stereocenters. The largest absolute Gasteiger partial charge is 0.495 e. The van der Waals surface area contributed by atoms with E-state index in [1.54, 1.807) is 13.3 Å². The number of piperidine rings is 1. The van der Waals surface area contributed by atoms with Gasteiger partial charge >= 0.3 is 0 Å². The summed E-state index contributed by atoms with van der Waals surface area (Å²) in [4.78, 5) is 13.7. The molecule has 0 aromatic carbocycles. The topological polar surface area (TPSA) is 89.3 Å². The summed E-state index contributed by atoms with van der Waals surface area (Å²) in [6, 6.07) is 4.25. The minimum absolute atomic E-state index is 0.359. The van der Waals surface area contributed by atoms with Crippen LogP contribution in [0.15, 0.2) is 24.5 Å². The summed E-state index contributed by atoms with van der Waals surface area (Å²) < 4.78 is 7.52. The van der Waals surface area contributed by atoms with Gasteiger partial charge in [-0.2, -0.15) is 5.10 Å². The third-order valence-corrected chi connectivity index (χ3v) is 5.99. The Labute approximate surface area is 170 Å². The Morgan fingerprint density at radius 3 is 2.86 bits per heavy atom. The van der Waals surface area contributed by atoms with Gasteiger partial charge in [0.1, 0.15) is 17.1 Å². The number of imidazole rings is 1. The van der Waals surface area contributed by atoms with E-state index < -0.39 is 0 Å². The molecule has 8 heteroatoms. The van der Waals surface area contributed by atoms with Crippen LogP contribution in [0, 0.1) is 0 Å². The number of hydrogen-bond acceptors (Lipinski definition) is 7. The molecule has 2 fully saturated rings. The number of methoxy groups -OCH3 is 1. The maximum absolute atomic E-state index is 5.63. The van der Waals surface area contributed by atoms with Crippen LogP contribution in [-0.2, 0) is 0 Å². The lowest BCUT2D eigenvalue weighted by Crippen LogP contribution is -2.38. The van der Waals surface area contributed by atoms with Crippen molar-refractivity contribution in [2.45, 2.75) is 50.5 Å². The van der Waals surface area contributed by atoms with E-state index >= 15 is 0 Å². The molecule has 152 valence electrons. The average molecular weight is 393 g/mol. The molecule has 1 saturated heterocycles. The molecule has 2 aliphatic rings. The number of hydrogen-bond donors (Lipinski definition) is 2. The first-order valence-corrected chi connectivity index (χ1v) is 10.5. The molecule has 2 N–H and O–H groups in total. The SMILES string of the molecule is COc1cc2ncc(-c3ccnc(N[C@@H]4CCCNC4)n3)n2nc1C1CCCC1. The van der Waals surface area contributed by atoms with Gasteiger partial charge in [0.2, 0.25) is 5.95 Å². The van der Waals surface area contributed by atoms with Gasteiger partial charge in [0, 0.05) is 30.8 Å². The number of aromatic nitrogens is 5. The van der Waals surface area contributed by atoms with Gasteiger partial charge in [-0.3, -0.25) is 0 Å². The normalized spacial score (nSPS) is 20.2. The molecule has 0 radical (unpaired) electrons. The summed E-state index contributed by atoms with van der Waals surface area (Å²) in [5.41, 5.74) is 3.48. The number of anilines is 1. The van der Waals surface area contributed by atoms with E-state index in [-0.39, 0.29) is 0 Å². The number of nitrogens with one attached hydrogen (secondary N) is 2. The summed E-state index contributed by atoms with van der Waals surface area (Å²) in [6.07, 6.45) is 10.7. The van der Waals surface area contributed by atoms with Crippen molar-refractivity contribution in [3.8, 4) is 17.1 Å². The van der Waals surface area contributed by atoms with Crippen LogP contribution in [0.2, 0.25) is 0 Å². The van der Waals surface area contributed by atoms with Crippen molar-refractivity contribution in [3.05, 3.63) is 30.2 Å². The van der Waals surface area contributed by atoms with Crippen LogP contribution in [0.5, 0.6) is 5.75 Å². The van der Waals surface area contributed by atoms with Crippen molar-refractivity contribution in [1.82, 2.24) is 29.9 Å². The van der Waals surface area contributed by atoms with Crippen molar-refractivity contribution < 1.29 is 4.74 Å². The third kappa shape index (κ3) is 3.64. The van der Waals surface area contributed by atoms with E-state index in [9.17, 15) is 0 Å². The predicted molar refractivity (Wildman–Crippen MR) is 111 cm³/mol. The van der Waals surface area contributed by atoms with E-state index in [0.29, 0.717) is 17.9 Å². The van der Waals surface area contributed by atoms with Crippen LogP contribution in [-0.4, -0.2) is 50.8 Å². The first kappa shape index (κ1) is 18.3. The molecule has 29 heavy (non-hydrogen) atoms. The van der Waals surface area contributed by atoms with E-state index in [4.69, 9.17) is 14.8 Å². The zero-order valence-corrected chi connectivity index (χ0v) is 16.8. The fourth-order valence-corrected chi connectivity index (χ4v) is 4.46. The van der Waals surface area contributed by atoms with Gasteiger partial charge in [-0.15, -0.1) is 0 Å². The van der Waals surface area contributed by atoms with Crippen molar-refractivity contribution >= 4 is 11.6 Å². The highest BCUT2D eigenvalue weighted by molar-refractivity contribution is 5.61. The van der Waals surface area contributed by atoms with Crippen molar-refractivity contribution in [1.29, 1.82) is 0 Å². The van der Waals surface area contributed by atoms with Gasteiger partial charge in [0.15, 0.2) is 5.65 Å². The summed E-state index contributed by atoms with van der Waals surface area (Å²) in [6.45, 7) is 2.02. The maximum Gasteiger partial charge on any atom is 0.223 e. The van der Waals surface area contributed by atoms with Crippen LogP contribution in [0.3, 0.4) is 0 Å². The maximum atomic E-state index is 5.63. The van der Waals surface area contributed by atoms with Gasteiger partial charge in [-0.25, -0.2) is 19.5 Å². The molecule has 3 aromatic heterocycles. The second kappa shape index (κ2) is 7.94. The fourth-order valence-electron chi connectivity index (χ4n) is 4.46. The van der Waals surface area contributed by atoms with Crippen molar-refractivity contribution in [2.75, 3.05) is 25.5 Å². The molecule has 3 aromatic rings. The number of rotatable bonds is 5. The lowest BCUT2D eigenvalue weighted by molar-refractivity contribution is 0.399. The third-order valence-electron chi connectivity index (χ3n) is 5.99. The minimum atomic E-state index is 0.359. The van der Waals surface area contributed by atoms with Gasteiger partial charge in [-0.1, -0.05) is 12.8 Å². The Balaban J connectivity index is 1.49. The molecule has 0 spiro atoms. The van der Waals surface area contributed by atoms with E-state index in [1.165, 1.54) is 19.3 Å². The van der Waals surface area contributed by atoms with Gasteiger partial charge < -0.3 is 15.4 Å². The zero-order valence-electron chi connectivity index (χ0n) is 16.8. The van der Waals surface area contributed by atoms with Crippen LogP contribution < -0.4 is 15.4 Å². The molecular weight excluding hydrogens is 366 g/mol. The van der Waals surface area contributed by atoms with E-state index in [0.717, 1.165) is 60.8 Å². The Morgan fingerprint density at radius 2 is 2.07 bits per heavy atom. The van der Waals surface area contributed by atoms with Crippen LogP contribution in [0.4, 0.5) is 5.95 Å². The Bertz CT molecular complexity index is 990. The minimum Gasteiger partial charge on any atom is -0.495 e.